The monoisotopic (exact) mass is 363 g/mol. The minimum absolute atomic E-state index is 0.310. The smallest absolute Gasteiger partial charge is 0.313 e. The van der Waals surface area contributed by atoms with Crippen molar-refractivity contribution < 1.29 is 14.6 Å². The van der Waals surface area contributed by atoms with Crippen LogP contribution in [0, 0.1) is 0 Å². The number of hydrogen-bond donors (Lipinski definition) is 2. The van der Waals surface area contributed by atoms with Crippen molar-refractivity contribution in [2.24, 2.45) is 0 Å². The van der Waals surface area contributed by atoms with Crippen molar-refractivity contribution in [2.45, 2.75) is 38.1 Å². The lowest BCUT2D eigenvalue weighted by molar-refractivity contribution is -0.142. The molecule has 0 amide bonds. The zero-order chi connectivity index (χ0) is 18.7. The Morgan fingerprint density at radius 3 is 2.73 bits per heavy atom. The van der Waals surface area contributed by atoms with Gasteiger partial charge in [0.2, 0.25) is 5.95 Å². The van der Waals surface area contributed by atoms with Gasteiger partial charge in [0.15, 0.2) is 0 Å². The molecule has 1 atom stereocenters. The van der Waals surface area contributed by atoms with E-state index in [2.05, 4.69) is 27.1 Å². The predicted molar refractivity (Wildman–Crippen MR) is 99.9 cm³/mol. The minimum atomic E-state index is -1.06. The van der Waals surface area contributed by atoms with Crippen LogP contribution >= 0.6 is 0 Å². The number of hydrogen-bond acceptors (Lipinski definition) is 7. The third-order valence-electron chi connectivity index (χ3n) is 5.24. The van der Waals surface area contributed by atoms with Crippen molar-refractivity contribution in [1.82, 2.24) is 14.9 Å². The maximum absolute atomic E-state index is 11.8. The largest absolute Gasteiger partial charge is 0.481 e. The number of anilines is 2. The Kier molecular flexibility index (Phi) is 5.62. The molecule has 0 aromatic carbocycles. The zero-order valence-electron chi connectivity index (χ0n) is 15.9. The van der Waals surface area contributed by atoms with E-state index in [1.54, 1.807) is 20.0 Å². The second-order valence-electron chi connectivity index (χ2n) is 7.71. The maximum atomic E-state index is 11.8. The summed E-state index contributed by atoms with van der Waals surface area (Å²) in [5.41, 5.74) is -0.421. The Morgan fingerprint density at radius 1 is 1.35 bits per heavy atom. The molecule has 2 aliphatic rings. The Labute approximate surface area is 154 Å². The molecule has 0 saturated carbocycles. The van der Waals surface area contributed by atoms with E-state index in [-0.39, 0.29) is 0 Å². The molecule has 2 fully saturated rings. The fourth-order valence-corrected chi connectivity index (χ4v) is 3.48. The molecule has 2 aliphatic heterocycles. The van der Waals surface area contributed by atoms with Gasteiger partial charge in [0.1, 0.15) is 5.82 Å². The zero-order valence-corrected chi connectivity index (χ0v) is 15.9. The number of nitrogens with one attached hydrogen (secondary N) is 1. The van der Waals surface area contributed by atoms with Gasteiger partial charge in [-0.2, -0.15) is 4.98 Å². The molecule has 1 aromatic heterocycles. The Morgan fingerprint density at radius 2 is 2.08 bits per heavy atom. The molecule has 2 N–H and O–H groups in total. The van der Waals surface area contributed by atoms with Crippen molar-refractivity contribution >= 4 is 17.7 Å². The lowest BCUT2D eigenvalue weighted by Gasteiger charge is -2.33. The molecular formula is C18H29N5O3. The molecule has 8 nitrogen and oxygen atoms in total. The fourth-order valence-electron chi connectivity index (χ4n) is 3.48. The standard InChI is InChI=1S/C18H29N5O3/c1-18(2,16(24)25)14-11-19-17(20-13-5-4-6-22(3)12-13)21-15(14)23-7-9-26-10-8-23/h11,13H,4-10,12H2,1-3H3,(H,24,25)(H,19,20,21)/t13-/m1/s1. The van der Waals surface area contributed by atoms with Gasteiger partial charge in [-0.15, -0.1) is 0 Å². The fraction of sp³-hybridized carbons (Fsp3) is 0.722. The summed E-state index contributed by atoms with van der Waals surface area (Å²) in [7, 11) is 2.12. The molecule has 3 heterocycles. The molecule has 3 rings (SSSR count). The number of carbonyl (C=O) groups is 1. The van der Waals surface area contributed by atoms with E-state index in [0.29, 0.717) is 49.7 Å². The first-order valence-corrected chi connectivity index (χ1v) is 9.26. The molecule has 2 saturated heterocycles. The number of likely N-dealkylation sites (N-methyl/N-ethyl adjacent to an activating group) is 1. The molecule has 0 spiro atoms. The Bertz CT molecular complexity index is 646. The molecule has 0 bridgehead atoms. The maximum Gasteiger partial charge on any atom is 0.313 e. The number of ether oxygens (including phenoxy) is 1. The van der Waals surface area contributed by atoms with Gasteiger partial charge < -0.3 is 25.0 Å². The lowest BCUT2D eigenvalue weighted by Crippen LogP contribution is -2.41. The molecule has 144 valence electrons. The minimum Gasteiger partial charge on any atom is -0.481 e. The summed E-state index contributed by atoms with van der Waals surface area (Å²) in [6.07, 6.45) is 3.90. The summed E-state index contributed by atoms with van der Waals surface area (Å²) in [5, 5.41) is 13.1. The van der Waals surface area contributed by atoms with Crippen LogP contribution < -0.4 is 10.2 Å². The van der Waals surface area contributed by atoms with E-state index in [4.69, 9.17) is 9.72 Å². The lowest BCUT2D eigenvalue weighted by atomic mass is 9.85. The number of likely N-dealkylation sites (tertiary alicyclic amines) is 1. The van der Waals surface area contributed by atoms with Gasteiger partial charge in [0.05, 0.1) is 18.6 Å². The molecule has 0 unspecified atom stereocenters. The topological polar surface area (TPSA) is 90.8 Å². The average Bonchev–Trinajstić information content (AvgIpc) is 2.62. The van der Waals surface area contributed by atoms with Crippen molar-refractivity contribution in [2.75, 3.05) is 56.7 Å². The van der Waals surface area contributed by atoms with Gasteiger partial charge in [0.25, 0.3) is 0 Å². The van der Waals surface area contributed by atoms with Crippen LogP contribution in [0.5, 0.6) is 0 Å². The van der Waals surface area contributed by atoms with Crippen molar-refractivity contribution in [3.63, 3.8) is 0 Å². The Hall–Kier alpha value is -1.93. The van der Waals surface area contributed by atoms with E-state index in [1.807, 2.05) is 0 Å². The summed E-state index contributed by atoms with van der Waals surface area (Å²) < 4.78 is 5.44. The SMILES string of the molecule is CN1CCC[C@@H](Nc2ncc(C(C)(C)C(=O)O)c(N3CCOCC3)n2)C1. The van der Waals surface area contributed by atoms with Crippen LogP contribution in [0.15, 0.2) is 6.20 Å². The first-order valence-electron chi connectivity index (χ1n) is 9.26. The number of aromatic nitrogens is 2. The molecular weight excluding hydrogens is 334 g/mol. The molecule has 1 aromatic rings. The van der Waals surface area contributed by atoms with Crippen LogP contribution in [0.2, 0.25) is 0 Å². The molecule has 0 radical (unpaired) electrons. The molecule has 8 heteroatoms. The van der Waals surface area contributed by atoms with Gasteiger partial charge in [-0.3, -0.25) is 4.79 Å². The van der Waals surface area contributed by atoms with Gasteiger partial charge in [-0.05, 0) is 40.3 Å². The summed E-state index contributed by atoms with van der Waals surface area (Å²) in [6.45, 7) is 8.10. The quantitative estimate of drug-likeness (QED) is 0.806. The number of piperidine rings is 1. The first kappa shape index (κ1) is 18.8. The third kappa shape index (κ3) is 4.07. The van der Waals surface area contributed by atoms with Crippen molar-refractivity contribution in [1.29, 1.82) is 0 Å². The van der Waals surface area contributed by atoms with Crippen LogP contribution in [0.3, 0.4) is 0 Å². The summed E-state index contributed by atoms with van der Waals surface area (Å²) in [4.78, 5) is 25.3. The van der Waals surface area contributed by atoms with Crippen molar-refractivity contribution in [3.8, 4) is 0 Å². The van der Waals surface area contributed by atoms with E-state index < -0.39 is 11.4 Å². The highest BCUT2D eigenvalue weighted by Crippen LogP contribution is 2.32. The normalized spacial score (nSPS) is 22.3. The van der Waals surface area contributed by atoms with Gasteiger partial charge in [-0.25, -0.2) is 4.98 Å². The molecule has 26 heavy (non-hydrogen) atoms. The average molecular weight is 363 g/mol. The van der Waals surface area contributed by atoms with Gasteiger partial charge >= 0.3 is 5.97 Å². The second-order valence-corrected chi connectivity index (χ2v) is 7.71. The third-order valence-corrected chi connectivity index (χ3v) is 5.24. The highest BCUT2D eigenvalue weighted by atomic mass is 16.5. The number of carboxylic acid groups (broad SMARTS) is 1. The number of morpholine rings is 1. The Balaban J connectivity index is 1.89. The molecule has 0 aliphatic carbocycles. The van der Waals surface area contributed by atoms with Crippen LogP contribution in [-0.4, -0.2) is 78.4 Å². The van der Waals surface area contributed by atoms with E-state index in [0.717, 1.165) is 25.9 Å². The number of aliphatic carboxylic acids is 1. The van der Waals surface area contributed by atoms with Crippen LogP contribution in [-0.2, 0) is 14.9 Å². The van der Waals surface area contributed by atoms with E-state index >= 15 is 0 Å². The highest BCUT2D eigenvalue weighted by molar-refractivity contribution is 5.82. The van der Waals surface area contributed by atoms with Crippen molar-refractivity contribution in [3.05, 3.63) is 11.8 Å². The van der Waals surface area contributed by atoms with Crippen LogP contribution in [0.1, 0.15) is 32.3 Å². The number of carboxylic acids is 1. The van der Waals surface area contributed by atoms with Crippen LogP contribution in [0.25, 0.3) is 0 Å². The van der Waals surface area contributed by atoms with Crippen LogP contribution in [0.4, 0.5) is 11.8 Å². The highest BCUT2D eigenvalue weighted by Gasteiger charge is 2.35. The number of rotatable bonds is 5. The summed E-state index contributed by atoms with van der Waals surface area (Å²) in [6, 6.07) is 0.310. The van der Waals surface area contributed by atoms with Gasteiger partial charge in [-0.1, -0.05) is 0 Å². The summed E-state index contributed by atoms with van der Waals surface area (Å²) >= 11 is 0. The predicted octanol–water partition coefficient (Wildman–Crippen LogP) is 1.18. The van der Waals surface area contributed by atoms with Gasteiger partial charge in [0, 0.05) is 37.4 Å². The van der Waals surface area contributed by atoms with E-state index in [9.17, 15) is 9.90 Å². The summed E-state index contributed by atoms with van der Waals surface area (Å²) in [5.74, 6) is 0.379. The number of nitrogens with zero attached hydrogens (tertiary/aromatic N) is 4. The first-order chi connectivity index (χ1) is 12.4. The van der Waals surface area contributed by atoms with E-state index in [1.165, 1.54) is 0 Å². The second kappa shape index (κ2) is 7.75.